The van der Waals surface area contributed by atoms with E-state index in [2.05, 4.69) is 10.3 Å². The van der Waals surface area contributed by atoms with Gasteiger partial charge in [-0.3, -0.25) is 4.79 Å². The number of carbonyl (C=O) groups excluding carboxylic acids is 1. The summed E-state index contributed by atoms with van der Waals surface area (Å²) in [5.41, 5.74) is 1.06. The van der Waals surface area contributed by atoms with Crippen molar-refractivity contribution in [1.82, 2.24) is 4.98 Å². The molecule has 0 unspecified atom stereocenters. The summed E-state index contributed by atoms with van der Waals surface area (Å²) in [6.07, 6.45) is 3.15. The smallest absolute Gasteiger partial charge is 0.257 e. The number of rotatable bonds is 3. The highest BCUT2D eigenvalue weighted by Gasteiger charge is 2.08. The lowest BCUT2D eigenvalue weighted by molar-refractivity contribution is 0.102. The van der Waals surface area contributed by atoms with Gasteiger partial charge in [-0.15, -0.1) is 11.8 Å². The van der Waals surface area contributed by atoms with Crippen LogP contribution in [-0.2, 0) is 0 Å². The number of nitrogens with zero attached hydrogens (tertiary/aromatic N) is 1. The highest BCUT2D eigenvalue weighted by atomic mass is 32.2. The molecule has 1 heterocycles. The van der Waals surface area contributed by atoms with Gasteiger partial charge in [0.25, 0.3) is 5.91 Å². The predicted molar refractivity (Wildman–Crippen MR) is 70.4 cm³/mol. The maximum Gasteiger partial charge on any atom is 0.257 e. The maximum atomic E-state index is 12.6. The number of aromatic nitrogens is 1. The van der Waals surface area contributed by atoms with E-state index in [0.29, 0.717) is 5.56 Å². The fraction of sp³-hybridized carbons (Fsp3) is 0.0769. The Morgan fingerprint density at radius 2 is 2.06 bits per heavy atom. The van der Waals surface area contributed by atoms with Gasteiger partial charge >= 0.3 is 0 Å². The number of halogens is 1. The number of anilines is 1. The van der Waals surface area contributed by atoms with E-state index < -0.39 is 5.95 Å². The lowest BCUT2D eigenvalue weighted by atomic mass is 10.2. The van der Waals surface area contributed by atoms with Gasteiger partial charge in [-0.2, -0.15) is 4.39 Å². The summed E-state index contributed by atoms with van der Waals surface area (Å²) in [5, 5.41) is 2.77. The molecule has 92 valence electrons. The molecule has 0 aliphatic rings. The SMILES string of the molecule is CSc1ccccc1NC(=O)c1ccc(F)nc1. The lowest BCUT2D eigenvalue weighted by Crippen LogP contribution is -2.12. The normalized spacial score (nSPS) is 10.1. The second-order valence-corrected chi connectivity index (χ2v) is 4.37. The van der Waals surface area contributed by atoms with E-state index in [0.717, 1.165) is 16.6 Å². The van der Waals surface area contributed by atoms with Crippen LogP contribution < -0.4 is 5.32 Å². The second kappa shape index (κ2) is 5.64. The molecule has 0 bridgehead atoms. The zero-order valence-corrected chi connectivity index (χ0v) is 10.5. The van der Waals surface area contributed by atoms with E-state index in [9.17, 15) is 9.18 Å². The Balaban J connectivity index is 2.18. The molecule has 0 aliphatic heterocycles. The van der Waals surface area contributed by atoms with Gasteiger partial charge in [0.15, 0.2) is 0 Å². The van der Waals surface area contributed by atoms with Crippen LogP contribution in [0.3, 0.4) is 0 Å². The van der Waals surface area contributed by atoms with Gasteiger partial charge in [-0.05, 0) is 30.5 Å². The first-order valence-corrected chi connectivity index (χ1v) is 6.49. The third kappa shape index (κ3) is 2.87. The summed E-state index contributed by atoms with van der Waals surface area (Å²) in [6, 6.07) is 10.1. The van der Waals surface area contributed by atoms with Gasteiger partial charge in [-0.1, -0.05) is 12.1 Å². The lowest BCUT2D eigenvalue weighted by Gasteiger charge is -2.08. The minimum Gasteiger partial charge on any atom is -0.321 e. The number of hydrogen-bond acceptors (Lipinski definition) is 3. The largest absolute Gasteiger partial charge is 0.321 e. The van der Waals surface area contributed by atoms with Gasteiger partial charge in [0, 0.05) is 11.1 Å². The van der Waals surface area contributed by atoms with Crippen molar-refractivity contribution in [2.45, 2.75) is 4.90 Å². The van der Waals surface area contributed by atoms with Crippen LogP contribution in [0.25, 0.3) is 0 Å². The molecule has 1 aromatic carbocycles. The zero-order chi connectivity index (χ0) is 13.0. The van der Waals surface area contributed by atoms with Crippen LogP contribution in [0.4, 0.5) is 10.1 Å². The van der Waals surface area contributed by atoms with E-state index in [1.807, 2.05) is 30.5 Å². The molecule has 18 heavy (non-hydrogen) atoms. The highest BCUT2D eigenvalue weighted by Crippen LogP contribution is 2.24. The Labute approximate surface area is 108 Å². The number of amides is 1. The molecule has 0 spiro atoms. The van der Waals surface area contributed by atoms with Crippen molar-refractivity contribution in [3.05, 3.63) is 54.1 Å². The van der Waals surface area contributed by atoms with Crippen molar-refractivity contribution in [3.8, 4) is 0 Å². The number of pyridine rings is 1. The van der Waals surface area contributed by atoms with Gasteiger partial charge in [-0.25, -0.2) is 4.98 Å². The van der Waals surface area contributed by atoms with E-state index in [4.69, 9.17) is 0 Å². The van der Waals surface area contributed by atoms with E-state index in [1.165, 1.54) is 12.3 Å². The zero-order valence-electron chi connectivity index (χ0n) is 9.68. The van der Waals surface area contributed by atoms with Crippen molar-refractivity contribution in [3.63, 3.8) is 0 Å². The Morgan fingerprint density at radius 1 is 1.28 bits per heavy atom. The number of nitrogens with one attached hydrogen (secondary N) is 1. The average Bonchev–Trinajstić information content (AvgIpc) is 2.40. The second-order valence-electron chi connectivity index (χ2n) is 3.52. The topological polar surface area (TPSA) is 42.0 Å². The third-order valence-corrected chi connectivity index (χ3v) is 3.14. The van der Waals surface area contributed by atoms with Crippen LogP contribution in [0.5, 0.6) is 0 Å². The monoisotopic (exact) mass is 262 g/mol. The summed E-state index contributed by atoms with van der Waals surface area (Å²) in [5.74, 6) is -0.903. The number of thioether (sulfide) groups is 1. The molecule has 0 atom stereocenters. The standard InChI is InChI=1S/C13H11FN2OS/c1-18-11-5-3-2-4-10(11)16-13(17)9-6-7-12(14)15-8-9/h2-8H,1H3,(H,16,17). The van der Waals surface area contributed by atoms with E-state index >= 15 is 0 Å². The van der Waals surface area contributed by atoms with Crippen LogP contribution in [-0.4, -0.2) is 17.1 Å². The molecule has 0 saturated heterocycles. The summed E-state index contributed by atoms with van der Waals surface area (Å²) in [6.45, 7) is 0. The van der Waals surface area contributed by atoms with E-state index in [-0.39, 0.29) is 5.91 Å². The number of para-hydroxylation sites is 1. The Kier molecular flexibility index (Phi) is 3.94. The number of carbonyl (C=O) groups is 1. The van der Waals surface area contributed by atoms with E-state index in [1.54, 1.807) is 11.8 Å². The van der Waals surface area contributed by atoms with Crippen LogP contribution in [0.1, 0.15) is 10.4 Å². The van der Waals surface area contributed by atoms with Gasteiger partial charge < -0.3 is 5.32 Å². The highest BCUT2D eigenvalue weighted by molar-refractivity contribution is 7.98. The molecule has 0 aliphatic carbocycles. The summed E-state index contributed by atoms with van der Waals surface area (Å²) >= 11 is 1.54. The van der Waals surface area contributed by atoms with Crippen molar-refractivity contribution in [1.29, 1.82) is 0 Å². The molecular weight excluding hydrogens is 251 g/mol. The van der Waals surface area contributed by atoms with Crippen LogP contribution in [0.15, 0.2) is 47.5 Å². The molecule has 2 aromatic rings. The summed E-state index contributed by atoms with van der Waals surface area (Å²) in [4.78, 5) is 16.3. The van der Waals surface area contributed by atoms with Gasteiger partial charge in [0.2, 0.25) is 5.95 Å². The third-order valence-electron chi connectivity index (χ3n) is 2.34. The van der Waals surface area contributed by atoms with Gasteiger partial charge in [0.05, 0.1) is 11.3 Å². The van der Waals surface area contributed by atoms with Crippen molar-refractivity contribution >= 4 is 23.4 Å². The first-order valence-electron chi connectivity index (χ1n) is 5.26. The molecule has 0 fully saturated rings. The first-order chi connectivity index (χ1) is 8.70. The number of benzene rings is 1. The molecule has 1 N–H and O–H groups in total. The molecule has 2 rings (SSSR count). The number of hydrogen-bond donors (Lipinski definition) is 1. The Bertz CT molecular complexity index is 557. The summed E-state index contributed by atoms with van der Waals surface area (Å²) in [7, 11) is 0. The molecule has 3 nitrogen and oxygen atoms in total. The Hall–Kier alpha value is -1.88. The fourth-order valence-electron chi connectivity index (χ4n) is 1.45. The molecular formula is C13H11FN2OS. The van der Waals surface area contributed by atoms with Crippen LogP contribution in [0, 0.1) is 5.95 Å². The molecule has 1 aromatic heterocycles. The predicted octanol–water partition coefficient (Wildman–Crippen LogP) is 3.19. The average molecular weight is 262 g/mol. The summed E-state index contributed by atoms with van der Waals surface area (Å²) < 4.78 is 12.6. The van der Waals surface area contributed by atoms with Gasteiger partial charge in [0.1, 0.15) is 0 Å². The molecule has 5 heteroatoms. The minimum absolute atomic E-state index is 0.302. The minimum atomic E-state index is -0.601. The first kappa shape index (κ1) is 12.6. The van der Waals surface area contributed by atoms with Crippen molar-refractivity contribution in [2.24, 2.45) is 0 Å². The van der Waals surface area contributed by atoms with Crippen molar-refractivity contribution in [2.75, 3.05) is 11.6 Å². The molecule has 0 saturated carbocycles. The Morgan fingerprint density at radius 3 is 2.72 bits per heavy atom. The van der Waals surface area contributed by atoms with Crippen molar-refractivity contribution < 1.29 is 9.18 Å². The molecule has 1 amide bonds. The maximum absolute atomic E-state index is 12.6. The quantitative estimate of drug-likeness (QED) is 0.682. The van der Waals surface area contributed by atoms with Crippen LogP contribution >= 0.6 is 11.8 Å². The fourth-order valence-corrected chi connectivity index (χ4v) is 2.01. The molecule has 0 radical (unpaired) electrons. The van der Waals surface area contributed by atoms with Crippen LogP contribution in [0.2, 0.25) is 0 Å².